The number of halogens is 1. The van der Waals surface area contributed by atoms with Crippen molar-refractivity contribution in [2.24, 2.45) is 10.9 Å². The first-order chi connectivity index (χ1) is 9.63. The molecule has 0 saturated heterocycles. The lowest BCUT2D eigenvalue weighted by molar-refractivity contribution is -0.143. The molecule has 5 heteroatoms. The van der Waals surface area contributed by atoms with Crippen molar-refractivity contribution in [2.75, 3.05) is 0 Å². The second-order valence-electron chi connectivity index (χ2n) is 5.36. The Labute approximate surface area is 122 Å². The van der Waals surface area contributed by atoms with Crippen molar-refractivity contribution >= 4 is 23.5 Å². The largest absolute Gasteiger partial charge is 0.481 e. The molecule has 3 unspecified atom stereocenters. The molecule has 1 aliphatic heterocycles. The van der Waals surface area contributed by atoms with E-state index in [0.29, 0.717) is 30.2 Å². The summed E-state index contributed by atoms with van der Waals surface area (Å²) in [5, 5.41) is 9.79. The quantitative estimate of drug-likeness (QED) is 0.932. The van der Waals surface area contributed by atoms with E-state index in [1.165, 1.54) is 0 Å². The number of hydrogen-bond donors (Lipinski definition) is 1. The fourth-order valence-corrected chi connectivity index (χ4v) is 3.10. The second-order valence-corrected chi connectivity index (χ2v) is 5.77. The Morgan fingerprint density at radius 3 is 2.95 bits per heavy atom. The van der Waals surface area contributed by atoms with Crippen molar-refractivity contribution < 1.29 is 14.6 Å². The maximum Gasteiger partial charge on any atom is 0.306 e. The average Bonchev–Trinajstić information content (AvgIpc) is 2.82. The molecule has 1 aromatic rings. The lowest BCUT2D eigenvalue weighted by Crippen LogP contribution is -2.34. The van der Waals surface area contributed by atoms with E-state index in [0.717, 1.165) is 12.0 Å². The Morgan fingerprint density at radius 1 is 1.40 bits per heavy atom. The van der Waals surface area contributed by atoms with Gasteiger partial charge in [-0.25, -0.2) is 4.99 Å². The van der Waals surface area contributed by atoms with Gasteiger partial charge in [-0.15, -0.1) is 0 Å². The predicted molar refractivity (Wildman–Crippen MR) is 76.2 cm³/mol. The zero-order valence-corrected chi connectivity index (χ0v) is 11.7. The number of aliphatic carboxylic acids is 1. The highest BCUT2D eigenvalue weighted by Crippen LogP contribution is 2.33. The van der Waals surface area contributed by atoms with Gasteiger partial charge in [-0.1, -0.05) is 29.8 Å². The van der Waals surface area contributed by atoms with Crippen LogP contribution >= 0.6 is 11.6 Å². The van der Waals surface area contributed by atoms with Gasteiger partial charge in [0.1, 0.15) is 6.10 Å². The fraction of sp³-hybridized carbons (Fsp3) is 0.467. The third kappa shape index (κ3) is 2.66. The molecule has 0 amide bonds. The van der Waals surface area contributed by atoms with Gasteiger partial charge >= 0.3 is 5.97 Å². The standard InChI is InChI=1S/C15H16ClNO3/c16-11-4-2-1-3-9(11)8-14-17-12-6-5-10(15(18)19)7-13(12)20-14/h1-4,10,12-13H,5-8H2,(H,18,19). The summed E-state index contributed by atoms with van der Waals surface area (Å²) in [6, 6.07) is 7.74. The predicted octanol–water partition coefficient (Wildman–Crippen LogP) is 2.93. The molecule has 106 valence electrons. The monoisotopic (exact) mass is 293 g/mol. The van der Waals surface area contributed by atoms with E-state index in [2.05, 4.69) is 4.99 Å². The molecule has 3 rings (SSSR count). The molecule has 4 nitrogen and oxygen atoms in total. The van der Waals surface area contributed by atoms with Gasteiger partial charge in [-0.2, -0.15) is 0 Å². The van der Waals surface area contributed by atoms with Crippen LogP contribution in [0.2, 0.25) is 5.02 Å². The van der Waals surface area contributed by atoms with Crippen LogP contribution in [0.3, 0.4) is 0 Å². The van der Waals surface area contributed by atoms with Gasteiger partial charge < -0.3 is 9.84 Å². The van der Waals surface area contributed by atoms with E-state index in [1.807, 2.05) is 24.3 Å². The van der Waals surface area contributed by atoms with Gasteiger partial charge in [0.2, 0.25) is 0 Å². The maximum absolute atomic E-state index is 11.0. The fourth-order valence-electron chi connectivity index (χ4n) is 2.89. The summed E-state index contributed by atoms with van der Waals surface area (Å²) in [5.41, 5.74) is 0.987. The molecule has 1 fully saturated rings. The van der Waals surface area contributed by atoms with E-state index in [-0.39, 0.29) is 18.1 Å². The molecule has 1 aromatic carbocycles. The first-order valence-corrected chi connectivity index (χ1v) is 7.21. The molecule has 0 radical (unpaired) electrons. The molecular formula is C15H16ClNO3. The Kier molecular flexibility index (Phi) is 3.66. The van der Waals surface area contributed by atoms with Crippen LogP contribution in [0.5, 0.6) is 0 Å². The molecule has 1 aliphatic carbocycles. The van der Waals surface area contributed by atoms with Gasteiger partial charge in [0.05, 0.1) is 18.4 Å². The van der Waals surface area contributed by atoms with Gasteiger partial charge in [-0.3, -0.25) is 4.79 Å². The normalized spacial score (nSPS) is 28.4. The summed E-state index contributed by atoms with van der Waals surface area (Å²) in [6.07, 6.45) is 2.51. The molecule has 2 aliphatic rings. The Hall–Kier alpha value is -1.55. The number of fused-ring (bicyclic) bond motifs is 1. The minimum atomic E-state index is -0.730. The number of rotatable bonds is 3. The number of carboxylic acid groups (broad SMARTS) is 1. The molecule has 3 atom stereocenters. The summed E-state index contributed by atoms with van der Waals surface area (Å²) in [6.45, 7) is 0. The number of hydrogen-bond acceptors (Lipinski definition) is 3. The minimum Gasteiger partial charge on any atom is -0.481 e. The highest BCUT2D eigenvalue weighted by Gasteiger charge is 2.39. The molecule has 0 bridgehead atoms. The van der Waals surface area contributed by atoms with Crippen LogP contribution in [-0.4, -0.2) is 29.1 Å². The number of nitrogens with zero attached hydrogens (tertiary/aromatic N) is 1. The number of ether oxygens (including phenoxy) is 1. The average molecular weight is 294 g/mol. The molecule has 1 saturated carbocycles. The summed E-state index contributed by atoms with van der Waals surface area (Å²) in [5.74, 6) is -0.350. The third-order valence-corrected chi connectivity index (χ3v) is 4.37. The van der Waals surface area contributed by atoms with Crippen LogP contribution in [0.1, 0.15) is 24.8 Å². The topological polar surface area (TPSA) is 58.9 Å². The van der Waals surface area contributed by atoms with Crippen molar-refractivity contribution in [3.63, 3.8) is 0 Å². The minimum absolute atomic E-state index is 0.0812. The number of benzene rings is 1. The lowest BCUT2D eigenvalue weighted by atomic mass is 9.84. The zero-order chi connectivity index (χ0) is 14.1. The molecule has 1 heterocycles. The number of carboxylic acids is 1. The maximum atomic E-state index is 11.0. The van der Waals surface area contributed by atoms with Crippen molar-refractivity contribution in [2.45, 2.75) is 37.8 Å². The van der Waals surface area contributed by atoms with Crippen molar-refractivity contribution in [1.82, 2.24) is 0 Å². The van der Waals surface area contributed by atoms with Crippen molar-refractivity contribution in [3.8, 4) is 0 Å². The highest BCUT2D eigenvalue weighted by atomic mass is 35.5. The van der Waals surface area contributed by atoms with Crippen molar-refractivity contribution in [1.29, 1.82) is 0 Å². The smallest absolute Gasteiger partial charge is 0.306 e. The second kappa shape index (κ2) is 5.44. The van der Waals surface area contributed by atoms with Gasteiger partial charge in [-0.05, 0) is 30.9 Å². The number of carbonyl (C=O) groups is 1. The van der Waals surface area contributed by atoms with Crippen LogP contribution in [0.15, 0.2) is 29.3 Å². The van der Waals surface area contributed by atoms with E-state index in [4.69, 9.17) is 21.4 Å². The SMILES string of the molecule is O=C(O)C1CCC2N=C(Cc3ccccc3Cl)OC2C1. The summed E-state index contributed by atoms with van der Waals surface area (Å²) in [7, 11) is 0. The zero-order valence-electron chi connectivity index (χ0n) is 11.0. The van der Waals surface area contributed by atoms with Gasteiger partial charge in [0, 0.05) is 5.02 Å². The molecule has 1 N–H and O–H groups in total. The lowest BCUT2D eigenvalue weighted by Gasteiger charge is -2.27. The highest BCUT2D eigenvalue weighted by molar-refractivity contribution is 6.31. The summed E-state index contributed by atoms with van der Waals surface area (Å²) < 4.78 is 5.83. The molecule has 0 spiro atoms. The van der Waals surface area contributed by atoms with E-state index >= 15 is 0 Å². The van der Waals surface area contributed by atoms with E-state index in [9.17, 15) is 4.79 Å². The molecular weight excluding hydrogens is 278 g/mol. The van der Waals surface area contributed by atoms with Gasteiger partial charge in [0.25, 0.3) is 0 Å². The summed E-state index contributed by atoms with van der Waals surface area (Å²) >= 11 is 6.13. The van der Waals surface area contributed by atoms with Crippen molar-refractivity contribution in [3.05, 3.63) is 34.9 Å². The Balaban J connectivity index is 1.67. The van der Waals surface area contributed by atoms with Gasteiger partial charge in [0.15, 0.2) is 5.90 Å². The molecule has 0 aromatic heterocycles. The van der Waals surface area contributed by atoms with Crippen LogP contribution in [0, 0.1) is 5.92 Å². The number of aliphatic imine (C=N–C) groups is 1. The Bertz CT molecular complexity index is 558. The first kappa shape index (κ1) is 13.4. The van der Waals surface area contributed by atoms with E-state index in [1.54, 1.807) is 0 Å². The van der Waals surface area contributed by atoms with Crippen LogP contribution in [0.4, 0.5) is 0 Å². The van der Waals surface area contributed by atoms with Crippen LogP contribution in [-0.2, 0) is 16.0 Å². The van der Waals surface area contributed by atoms with E-state index < -0.39 is 5.97 Å². The van der Waals surface area contributed by atoms with Crippen LogP contribution < -0.4 is 0 Å². The first-order valence-electron chi connectivity index (χ1n) is 6.83. The summed E-state index contributed by atoms with van der Waals surface area (Å²) in [4.78, 5) is 15.6. The van der Waals surface area contributed by atoms with Crippen LogP contribution in [0.25, 0.3) is 0 Å². The Morgan fingerprint density at radius 2 is 2.20 bits per heavy atom. The molecule has 20 heavy (non-hydrogen) atoms. The third-order valence-electron chi connectivity index (χ3n) is 4.00.